The topological polar surface area (TPSA) is 38.7 Å². The standard InChI is InChI=1S/C12H26O3/c1-14-10-6-3-2-4-7-11-15-12-8-5-9-13/h13H,2-12H2,1H3. The third kappa shape index (κ3) is 13.9. The summed E-state index contributed by atoms with van der Waals surface area (Å²) in [5, 5.41) is 8.54. The molecule has 0 amide bonds. The molecule has 0 heterocycles. The van der Waals surface area contributed by atoms with Crippen molar-refractivity contribution < 1.29 is 14.6 Å². The van der Waals surface area contributed by atoms with Crippen molar-refractivity contribution in [3.8, 4) is 0 Å². The summed E-state index contributed by atoms with van der Waals surface area (Å²) >= 11 is 0. The maximum Gasteiger partial charge on any atom is 0.0466 e. The van der Waals surface area contributed by atoms with Gasteiger partial charge >= 0.3 is 0 Å². The van der Waals surface area contributed by atoms with E-state index in [0.29, 0.717) is 0 Å². The number of rotatable bonds is 12. The molecule has 3 heteroatoms. The second-order valence-electron chi connectivity index (χ2n) is 3.80. The van der Waals surface area contributed by atoms with Crippen LogP contribution < -0.4 is 0 Å². The highest BCUT2D eigenvalue weighted by atomic mass is 16.5. The van der Waals surface area contributed by atoms with Crippen LogP contribution in [0.1, 0.15) is 44.9 Å². The summed E-state index contributed by atoms with van der Waals surface area (Å²) in [4.78, 5) is 0. The van der Waals surface area contributed by atoms with E-state index in [1.807, 2.05) is 0 Å². The van der Waals surface area contributed by atoms with Crippen molar-refractivity contribution in [3.05, 3.63) is 0 Å². The van der Waals surface area contributed by atoms with E-state index in [-0.39, 0.29) is 6.61 Å². The van der Waals surface area contributed by atoms with Gasteiger partial charge in [-0.15, -0.1) is 0 Å². The summed E-state index contributed by atoms with van der Waals surface area (Å²) in [5.74, 6) is 0. The van der Waals surface area contributed by atoms with Gasteiger partial charge in [0.05, 0.1) is 0 Å². The summed E-state index contributed by atoms with van der Waals surface area (Å²) < 4.78 is 10.4. The van der Waals surface area contributed by atoms with Crippen LogP contribution in [-0.4, -0.2) is 38.6 Å². The van der Waals surface area contributed by atoms with Gasteiger partial charge in [-0.1, -0.05) is 19.3 Å². The van der Waals surface area contributed by atoms with E-state index < -0.39 is 0 Å². The third-order valence-electron chi connectivity index (χ3n) is 2.33. The van der Waals surface area contributed by atoms with Crippen LogP contribution in [0.2, 0.25) is 0 Å². The molecular formula is C12H26O3. The molecule has 0 fully saturated rings. The highest BCUT2D eigenvalue weighted by molar-refractivity contribution is 4.44. The van der Waals surface area contributed by atoms with E-state index in [9.17, 15) is 0 Å². The minimum Gasteiger partial charge on any atom is -0.396 e. The van der Waals surface area contributed by atoms with Crippen molar-refractivity contribution in [2.45, 2.75) is 44.9 Å². The molecule has 0 saturated carbocycles. The number of hydrogen-bond acceptors (Lipinski definition) is 3. The Bertz CT molecular complexity index is 95.0. The maximum atomic E-state index is 8.54. The monoisotopic (exact) mass is 218 g/mol. The van der Waals surface area contributed by atoms with Crippen molar-refractivity contribution in [3.63, 3.8) is 0 Å². The lowest BCUT2D eigenvalue weighted by molar-refractivity contribution is 0.121. The zero-order valence-electron chi connectivity index (χ0n) is 10.0. The lowest BCUT2D eigenvalue weighted by Gasteiger charge is -2.03. The molecule has 0 rings (SSSR count). The summed E-state index contributed by atoms with van der Waals surface area (Å²) in [6.45, 7) is 2.83. The van der Waals surface area contributed by atoms with E-state index in [1.54, 1.807) is 7.11 Å². The van der Waals surface area contributed by atoms with Gasteiger partial charge in [0, 0.05) is 33.5 Å². The normalized spacial score (nSPS) is 10.8. The minimum absolute atomic E-state index is 0.281. The molecule has 0 aromatic heterocycles. The molecule has 0 aromatic rings. The first-order valence-electron chi connectivity index (χ1n) is 6.09. The summed E-state index contributed by atoms with van der Waals surface area (Å²) in [7, 11) is 1.75. The van der Waals surface area contributed by atoms with Gasteiger partial charge < -0.3 is 14.6 Å². The van der Waals surface area contributed by atoms with E-state index in [4.69, 9.17) is 14.6 Å². The molecule has 0 spiro atoms. The third-order valence-corrected chi connectivity index (χ3v) is 2.33. The Hall–Kier alpha value is -0.120. The van der Waals surface area contributed by atoms with Gasteiger partial charge in [-0.25, -0.2) is 0 Å². The molecule has 1 N–H and O–H groups in total. The largest absolute Gasteiger partial charge is 0.396 e. The smallest absolute Gasteiger partial charge is 0.0466 e. The van der Waals surface area contributed by atoms with Gasteiger partial charge in [-0.05, 0) is 25.7 Å². The number of ether oxygens (including phenoxy) is 2. The van der Waals surface area contributed by atoms with Crippen LogP contribution in [-0.2, 0) is 9.47 Å². The van der Waals surface area contributed by atoms with Gasteiger partial charge in [0.15, 0.2) is 0 Å². The number of hydrogen-bond donors (Lipinski definition) is 1. The average molecular weight is 218 g/mol. The quantitative estimate of drug-likeness (QED) is 0.511. The Morgan fingerprint density at radius 3 is 1.87 bits per heavy atom. The fourth-order valence-corrected chi connectivity index (χ4v) is 1.40. The van der Waals surface area contributed by atoms with Crippen LogP contribution in [0.4, 0.5) is 0 Å². The molecular weight excluding hydrogens is 192 g/mol. The predicted octanol–water partition coefficient (Wildman–Crippen LogP) is 2.37. The van der Waals surface area contributed by atoms with Crippen LogP contribution in [0.5, 0.6) is 0 Å². The molecule has 0 aliphatic heterocycles. The molecule has 92 valence electrons. The van der Waals surface area contributed by atoms with E-state index in [0.717, 1.165) is 39.1 Å². The summed E-state index contributed by atoms with van der Waals surface area (Å²) in [6.07, 6.45) is 7.97. The van der Waals surface area contributed by atoms with E-state index in [2.05, 4.69) is 0 Å². The molecule has 0 unspecified atom stereocenters. The second-order valence-corrected chi connectivity index (χ2v) is 3.80. The lowest BCUT2D eigenvalue weighted by Crippen LogP contribution is -1.98. The lowest BCUT2D eigenvalue weighted by atomic mass is 10.1. The molecule has 3 nitrogen and oxygen atoms in total. The molecule has 0 aliphatic carbocycles. The first-order chi connectivity index (χ1) is 7.41. The molecule has 15 heavy (non-hydrogen) atoms. The molecule has 0 aliphatic rings. The van der Waals surface area contributed by atoms with Crippen molar-refractivity contribution in [1.82, 2.24) is 0 Å². The Kier molecular flexibility index (Phi) is 13.8. The van der Waals surface area contributed by atoms with Crippen LogP contribution in [0, 0.1) is 0 Å². The fourth-order valence-electron chi connectivity index (χ4n) is 1.40. The van der Waals surface area contributed by atoms with Crippen molar-refractivity contribution in [1.29, 1.82) is 0 Å². The number of methoxy groups -OCH3 is 1. The molecule has 0 saturated heterocycles. The Morgan fingerprint density at radius 1 is 0.733 bits per heavy atom. The van der Waals surface area contributed by atoms with E-state index >= 15 is 0 Å². The number of aliphatic hydroxyl groups excluding tert-OH is 1. The van der Waals surface area contributed by atoms with Crippen LogP contribution in [0.25, 0.3) is 0 Å². The average Bonchev–Trinajstić information content (AvgIpc) is 2.26. The Labute approximate surface area is 93.8 Å². The predicted molar refractivity (Wildman–Crippen MR) is 62.1 cm³/mol. The van der Waals surface area contributed by atoms with E-state index in [1.165, 1.54) is 25.7 Å². The SMILES string of the molecule is COCCCCCCCOCCCCO. The summed E-state index contributed by atoms with van der Waals surface area (Å²) in [6, 6.07) is 0. The first-order valence-corrected chi connectivity index (χ1v) is 6.09. The van der Waals surface area contributed by atoms with Crippen molar-refractivity contribution >= 4 is 0 Å². The fraction of sp³-hybridized carbons (Fsp3) is 1.00. The Balaban J connectivity index is 2.81. The highest BCUT2D eigenvalue weighted by Crippen LogP contribution is 2.03. The van der Waals surface area contributed by atoms with Crippen LogP contribution in [0.3, 0.4) is 0 Å². The van der Waals surface area contributed by atoms with Crippen LogP contribution in [0.15, 0.2) is 0 Å². The number of aliphatic hydroxyl groups is 1. The van der Waals surface area contributed by atoms with Gasteiger partial charge in [0.2, 0.25) is 0 Å². The molecule has 0 aromatic carbocycles. The van der Waals surface area contributed by atoms with Crippen molar-refractivity contribution in [2.24, 2.45) is 0 Å². The minimum atomic E-state index is 0.281. The maximum absolute atomic E-state index is 8.54. The zero-order chi connectivity index (χ0) is 11.2. The first kappa shape index (κ1) is 14.9. The van der Waals surface area contributed by atoms with Gasteiger partial charge in [-0.2, -0.15) is 0 Å². The zero-order valence-corrected chi connectivity index (χ0v) is 10.0. The van der Waals surface area contributed by atoms with Gasteiger partial charge in [-0.3, -0.25) is 0 Å². The number of unbranched alkanes of at least 4 members (excludes halogenated alkanes) is 5. The molecule has 0 radical (unpaired) electrons. The van der Waals surface area contributed by atoms with Crippen LogP contribution >= 0.6 is 0 Å². The summed E-state index contributed by atoms with van der Waals surface area (Å²) in [5.41, 5.74) is 0. The van der Waals surface area contributed by atoms with Gasteiger partial charge in [0.25, 0.3) is 0 Å². The van der Waals surface area contributed by atoms with Crippen molar-refractivity contribution in [2.75, 3.05) is 33.5 Å². The second kappa shape index (κ2) is 13.9. The highest BCUT2D eigenvalue weighted by Gasteiger charge is 1.92. The molecule has 0 bridgehead atoms. The van der Waals surface area contributed by atoms with Gasteiger partial charge in [0.1, 0.15) is 0 Å². The Morgan fingerprint density at radius 2 is 1.27 bits per heavy atom. The molecule has 0 atom stereocenters.